The van der Waals surface area contributed by atoms with Crippen molar-refractivity contribution in [3.8, 4) is 17.2 Å². The summed E-state index contributed by atoms with van der Waals surface area (Å²) in [7, 11) is 0. The molecule has 0 radical (unpaired) electrons. The average molecular weight is 671 g/mol. The number of aromatic hydroxyl groups is 3. The van der Waals surface area contributed by atoms with Gasteiger partial charge in [0, 0.05) is 5.92 Å². The van der Waals surface area contributed by atoms with Gasteiger partial charge in [-0.1, -0.05) is 126 Å². The highest BCUT2D eigenvalue weighted by molar-refractivity contribution is 5.54. The van der Waals surface area contributed by atoms with Gasteiger partial charge in [-0.3, -0.25) is 0 Å². The Morgan fingerprint density at radius 3 is 1.08 bits per heavy atom. The quantitative estimate of drug-likeness (QED) is 0.134. The second-order valence-corrected chi connectivity index (χ2v) is 17.3. The summed E-state index contributed by atoms with van der Waals surface area (Å²) < 4.78 is 0. The van der Waals surface area contributed by atoms with Crippen LogP contribution in [0.5, 0.6) is 17.2 Å². The number of aryl methyl sites for hydroxylation is 3. The normalized spacial score (nSPS) is 13.3. The standard InChI is InChI=1S/C46H70O3/c1-14-17-20-44(8,9)38-27-34(31(5)24-41(38)47)30(4)23-37(35-28-39(42(48)25-32(35)6)45(10,11)21-18-15-2)36-29-40(43(49)26-33(36)7)46(12,13)22-19-16-3/h24-30,37,47-49H,14-23H2,1-13H3. The summed E-state index contributed by atoms with van der Waals surface area (Å²) in [6, 6.07) is 12.8. The first-order chi connectivity index (χ1) is 22.8. The van der Waals surface area contributed by atoms with E-state index in [1.54, 1.807) is 0 Å². The summed E-state index contributed by atoms with van der Waals surface area (Å²) >= 11 is 0. The van der Waals surface area contributed by atoms with Crippen molar-refractivity contribution in [1.82, 2.24) is 0 Å². The lowest BCUT2D eigenvalue weighted by molar-refractivity contribution is 0.409. The number of hydrogen-bond donors (Lipinski definition) is 3. The minimum atomic E-state index is -0.164. The molecule has 3 heteroatoms. The number of benzene rings is 3. The molecule has 0 bridgehead atoms. The Balaban J connectivity index is 2.30. The fraction of sp³-hybridized carbons (Fsp3) is 0.609. The molecule has 272 valence electrons. The molecular weight excluding hydrogens is 601 g/mol. The third kappa shape index (κ3) is 9.44. The van der Waals surface area contributed by atoms with Crippen molar-refractivity contribution >= 4 is 0 Å². The summed E-state index contributed by atoms with van der Waals surface area (Å²) in [6.07, 6.45) is 10.6. The van der Waals surface area contributed by atoms with E-state index in [0.717, 1.165) is 97.6 Å². The van der Waals surface area contributed by atoms with Crippen LogP contribution < -0.4 is 0 Å². The van der Waals surface area contributed by atoms with Crippen molar-refractivity contribution in [3.05, 3.63) is 86.5 Å². The van der Waals surface area contributed by atoms with E-state index >= 15 is 0 Å². The molecule has 0 fully saturated rings. The lowest BCUT2D eigenvalue weighted by atomic mass is 9.72. The minimum absolute atomic E-state index is 0.0439. The summed E-state index contributed by atoms with van der Waals surface area (Å²) in [6.45, 7) is 29.0. The topological polar surface area (TPSA) is 60.7 Å². The molecule has 0 saturated carbocycles. The van der Waals surface area contributed by atoms with Gasteiger partial charge < -0.3 is 15.3 Å². The maximum Gasteiger partial charge on any atom is 0.119 e. The van der Waals surface area contributed by atoms with E-state index in [4.69, 9.17) is 0 Å². The first kappa shape index (κ1) is 40.5. The van der Waals surface area contributed by atoms with Crippen LogP contribution in [0.15, 0.2) is 36.4 Å². The van der Waals surface area contributed by atoms with Crippen LogP contribution in [0, 0.1) is 20.8 Å². The van der Waals surface area contributed by atoms with Gasteiger partial charge in [-0.05, 0) is 137 Å². The predicted octanol–water partition coefficient (Wildman–Crippen LogP) is 13.5. The second kappa shape index (κ2) is 16.4. The highest BCUT2D eigenvalue weighted by Gasteiger charge is 2.32. The molecule has 0 spiro atoms. The fourth-order valence-corrected chi connectivity index (χ4v) is 8.20. The van der Waals surface area contributed by atoms with Crippen LogP contribution in [-0.4, -0.2) is 15.3 Å². The van der Waals surface area contributed by atoms with Crippen LogP contribution in [0.3, 0.4) is 0 Å². The molecule has 3 rings (SSSR count). The van der Waals surface area contributed by atoms with Gasteiger partial charge >= 0.3 is 0 Å². The molecule has 3 aromatic rings. The van der Waals surface area contributed by atoms with Crippen molar-refractivity contribution in [2.24, 2.45) is 0 Å². The Bertz CT molecular complexity index is 1480. The van der Waals surface area contributed by atoms with E-state index in [2.05, 4.69) is 108 Å². The number of unbranched alkanes of at least 4 members (excludes halogenated alkanes) is 3. The third-order valence-corrected chi connectivity index (χ3v) is 11.7. The van der Waals surface area contributed by atoms with Crippen LogP contribution in [-0.2, 0) is 16.2 Å². The molecule has 0 amide bonds. The van der Waals surface area contributed by atoms with E-state index < -0.39 is 0 Å². The zero-order chi connectivity index (χ0) is 36.9. The molecule has 3 N–H and O–H groups in total. The summed E-state index contributed by atoms with van der Waals surface area (Å²) in [5.74, 6) is 1.40. The summed E-state index contributed by atoms with van der Waals surface area (Å²) in [5.41, 5.74) is 9.68. The maximum atomic E-state index is 11.4. The number of phenolic OH excluding ortho intramolecular Hbond substituents is 3. The largest absolute Gasteiger partial charge is 0.508 e. The van der Waals surface area contributed by atoms with E-state index in [0.29, 0.717) is 17.2 Å². The van der Waals surface area contributed by atoms with Gasteiger partial charge in [0.05, 0.1) is 0 Å². The third-order valence-electron chi connectivity index (χ3n) is 11.7. The van der Waals surface area contributed by atoms with Crippen LogP contribution in [0.4, 0.5) is 0 Å². The van der Waals surface area contributed by atoms with Gasteiger partial charge in [0.15, 0.2) is 0 Å². The van der Waals surface area contributed by atoms with Crippen molar-refractivity contribution in [1.29, 1.82) is 0 Å². The Hall–Kier alpha value is -2.94. The van der Waals surface area contributed by atoms with E-state index in [1.807, 2.05) is 18.2 Å². The molecular formula is C46H70O3. The number of phenols is 3. The molecule has 0 heterocycles. The fourth-order valence-electron chi connectivity index (χ4n) is 8.20. The van der Waals surface area contributed by atoms with E-state index in [-0.39, 0.29) is 28.1 Å². The molecule has 0 aliphatic carbocycles. The van der Waals surface area contributed by atoms with Crippen LogP contribution in [0.1, 0.15) is 195 Å². The first-order valence-electron chi connectivity index (χ1n) is 19.3. The average Bonchev–Trinajstić information content (AvgIpc) is 3.00. The lowest BCUT2D eigenvalue weighted by Crippen LogP contribution is -2.20. The Morgan fingerprint density at radius 1 is 0.490 bits per heavy atom. The van der Waals surface area contributed by atoms with Crippen molar-refractivity contribution in [2.75, 3.05) is 0 Å². The van der Waals surface area contributed by atoms with Gasteiger partial charge in [0.1, 0.15) is 17.2 Å². The van der Waals surface area contributed by atoms with Crippen molar-refractivity contribution < 1.29 is 15.3 Å². The molecule has 1 atom stereocenters. The van der Waals surface area contributed by atoms with Crippen LogP contribution in [0.2, 0.25) is 0 Å². The molecule has 0 aromatic heterocycles. The SMILES string of the molecule is CCCCC(C)(C)c1cc(C(C)CC(c2cc(C(C)(C)CCCC)c(O)cc2C)c2cc(C(C)(C)CCCC)c(O)cc2C)c(C)cc1O. The molecule has 0 aliphatic heterocycles. The zero-order valence-corrected chi connectivity index (χ0v) is 33.5. The predicted molar refractivity (Wildman–Crippen MR) is 211 cm³/mol. The van der Waals surface area contributed by atoms with Gasteiger partial charge in [-0.2, -0.15) is 0 Å². The first-order valence-corrected chi connectivity index (χ1v) is 19.3. The lowest BCUT2D eigenvalue weighted by Gasteiger charge is -2.33. The minimum Gasteiger partial charge on any atom is -0.508 e. The van der Waals surface area contributed by atoms with Gasteiger partial charge in [-0.25, -0.2) is 0 Å². The molecule has 3 nitrogen and oxygen atoms in total. The Morgan fingerprint density at radius 2 is 0.776 bits per heavy atom. The van der Waals surface area contributed by atoms with Crippen LogP contribution >= 0.6 is 0 Å². The molecule has 49 heavy (non-hydrogen) atoms. The Labute approximate surface area is 300 Å². The highest BCUT2D eigenvalue weighted by atomic mass is 16.3. The van der Waals surface area contributed by atoms with Gasteiger partial charge in [-0.15, -0.1) is 0 Å². The highest BCUT2D eigenvalue weighted by Crippen LogP contribution is 2.47. The van der Waals surface area contributed by atoms with Crippen molar-refractivity contribution in [2.45, 2.75) is 182 Å². The molecule has 0 saturated heterocycles. The van der Waals surface area contributed by atoms with Gasteiger partial charge in [0.2, 0.25) is 0 Å². The monoisotopic (exact) mass is 671 g/mol. The Kier molecular flexibility index (Phi) is 13.5. The smallest absolute Gasteiger partial charge is 0.119 e. The summed E-state index contributed by atoms with van der Waals surface area (Å²) in [5, 5.41) is 33.9. The molecule has 0 aliphatic rings. The van der Waals surface area contributed by atoms with Gasteiger partial charge in [0.25, 0.3) is 0 Å². The zero-order valence-electron chi connectivity index (χ0n) is 33.5. The second-order valence-electron chi connectivity index (χ2n) is 17.3. The molecule has 3 aromatic carbocycles. The maximum absolute atomic E-state index is 11.4. The summed E-state index contributed by atoms with van der Waals surface area (Å²) in [4.78, 5) is 0. The van der Waals surface area contributed by atoms with E-state index in [9.17, 15) is 15.3 Å². The van der Waals surface area contributed by atoms with E-state index in [1.165, 1.54) is 16.7 Å². The van der Waals surface area contributed by atoms with Crippen LogP contribution in [0.25, 0.3) is 0 Å². The number of rotatable bonds is 17. The molecule has 1 unspecified atom stereocenters. The van der Waals surface area contributed by atoms with Crippen molar-refractivity contribution in [3.63, 3.8) is 0 Å². The number of hydrogen-bond acceptors (Lipinski definition) is 3.